The van der Waals surface area contributed by atoms with Crippen molar-refractivity contribution in [2.45, 2.75) is 25.6 Å². The third kappa shape index (κ3) is 10.1. The Hall–Kier alpha value is -2.17. The van der Waals surface area contributed by atoms with Crippen molar-refractivity contribution < 1.29 is 18.9 Å². The first kappa shape index (κ1) is 14.8. The van der Waals surface area contributed by atoms with Crippen LogP contribution in [0.1, 0.15) is 19.3 Å². The van der Waals surface area contributed by atoms with Gasteiger partial charge in [0.2, 0.25) is 6.29 Å². The van der Waals surface area contributed by atoms with E-state index in [-0.39, 0.29) is 13.2 Å². The number of hydrogen-bond donors (Lipinski definition) is 0. The quantitative estimate of drug-likeness (QED) is 0.317. The molecule has 0 saturated carbocycles. The third-order valence-electron chi connectivity index (χ3n) is 1.74. The first-order valence-electron chi connectivity index (χ1n) is 5.03. The average Bonchev–Trinajstić information content (AvgIpc) is 2.34. The Morgan fingerprint density at radius 2 is 1.53 bits per heavy atom. The van der Waals surface area contributed by atoms with Crippen LogP contribution in [0.15, 0.2) is 0 Å². The van der Waals surface area contributed by atoms with Crippen molar-refractivity contribution in [1.82, 2.24) is 0 Å². The lowest BCUT2D eigenvalue weighted by Gasteiger charge is -2.13. The van der Waals surface area contributed by atoms with Crippen LogP contribution in [0, 0.1) is 34.6 Å². The summed E-state index contributed by atoms with van der Waals surface area (Å²) in [5.41, 5.74) is 0. The van der Waals surface area contributed by atoms with Crippen LogP contribution >= 0.6 is 0 Å². The van der Waals surface area contributed by atoms with Gasteiger partial charge in [0.1, 0.15) is 13.2 Å². The van der Waals surface area contributed by atoms with E-state index in [9.17, 15) is 0 Å². The van der Waals surface area contributed by atoms with Gasteiger partial charge in [-0.05, 0) is 12.8 Å². The van der Waals surface area contributed by atoms with Crippen LogP contribution in [-0.4, -0.2) is 26.1 Å². The zero-order valence-corrected chi connectivity index (χ0v) is 9.29. The highest BCUT2D eigenvalue weighted by molar-refractivity contribution is 4.57. The molecule has 0 spiro atoms. The summed E-state index contributed by atoms with van der Waals surface area (Å²) in [5, 5.41) is 24.6. The molecular formula is C10H13N3O4. The number of nitrogens with zero attached hydrogens (tertiary/aromatic N) is 3. The van der Waals surface area contributed by atoms with E-state index in [0.29, 0.717) is 25.9 Å². The highest BCUT2D eigenvalue weighted by Crippen LogP contribution is 2.06. The standard InChI is InChI=1S/C10H13N3O4/c11-7-14-4-2-1-3-10(17-9-13)16-6-5-15-8-12/h10H,1-6H2. The van der Waals surface area contributed by atoms with Gasteiger partial charge in [-0.3, -0.25) is 0 Å². The van der Waals surface area contributed by atoms with Crippen LogP contribution in [0.25, 0.3) is 0 Å². The second kappa shape index (κ2) is 11.9. The molecule has 0 radical (unpaired) electrons. The molecule has 0 aromatic rings. The van der Waals surface area contributed by atoms with Gasteiger partial charge in [0.25, 0.3) is 18.8 Å². The van der Waals surface area contributed by atoms with Gasteiger partial charge >= 0.3 is 0 Å². The second-order valence-electron chi connectivity index (χ2n) is 2.88. The summed E-state index contributed by atoms with van der Waals surface area (Å²) < 4.78 is 18.7. The van der Waals surface area contributed by atoms with Crippen molar-refractivity contribution in [3.8, 4) is 18.8 Å². The number of nitriles is 3. The summed E-state index contributed by atoms with van der Waals surface area (Å²) >= 11 is 0. The average molecular weight is 239 g/mol. The molecule has 92 valence electrons. The Kier molecular flexibility index (Phi) is 10.4. The van der Waals surface area contributed by atoms with E-state index in [1.54, 1.807) is 12.5 Å². The predicted octanol–water partition coefficient (Wildman–Crippen LogP) is 0.992. The molecule has 0 N–H and O–H groups in total. The third-order valence-corrected chi connectivity index (χ3v) is 1.74. The highest BCUT2D eigenvalue weighted by Gasteiger charge is 2.09. The molecule has 0 bridgehead atoms. The van der Waals surface area contributed by atoms with Gasteiger partial charge < -0.3 is 18.9 Å². The number of ether oxygens (including phenoxy) is 4. The van der Waals surface area contributed by atoms with E-state index >= 15 is 0 Å². The molecule has 7 nitrogen and oxygen atoms in total. The molecule has 0 rings (SSSR count). The molecule has 1 unspecified atom stereocenters. The maximum atomic E-state index is 8.38. The smallest absolute Gasteiger partial charge is 0.289 e. The van der Waals surface area contributed by atoms with Crippen molar-refractivity contribution in [1.29, 1.82) is 15.8 Å². The molecule has 0 saturated heterocycles. The minimum atomic E-state index is -0.649. The van der Waals surface area contributed by atoms with Crippen molar-refractivity contribution in [2.75, 3.05) is 19.8 Å². The van der Waals surface area contributed by atoms with Crippen molar-refractivity contribution in [3.63, 3.8) is 0 Å². The lowest BCUT2D eigenvalue weighted by Crippen LogP contribution is -2.17. The van der Waals surface area contributed by atoms with Crippen LogP contribution in [-0.2, 0) is 18.9 Å². The molecule has 0 fully saturated rings. The largest absolute Gasteiger partial charge is 0.428 e. The lowest BCUT2D eigenvalue weighted by molar-refractivity contribution is -0.111. The normalized spacial score (nSPS) is 10.4. The van der Waals surface area contributed by atoms with E-state index in [0.717, 1.165) is 0 Å². The summed E-state index contributed by atoms with van der Waals surface area (Å²) in [7, 11) is 0. The van der Waals surface area contributed by atoms with E-state index in [1.807, 2.05) is 0 Å². The maximum absolute atomic E-state index is 8.38. The van der Waals surface area contributed by atoms with E-state index in [1.165, 1.54) is 6.26 Å². The number of unbranched alkanes of at least 4 members (excludes halogenated alkanes) is 1. The molecular weight excluding hydrogens is 226 g/mol. The summed E-state index contributed by atoms with van der Waals surface area (Å²) in [6, 6.07) is 0. The first-order chi connectivity index (χ1) is 8.35. The zero-order valence-electron chi connectivity index (χ0n) is 9.29. The van der Waals surface area contributed by atoms with E-state index in [2.05, 4.69) is 14.2 Å². The molecule has 1 atom stereocenters. The lowest BCUT2D eigenvalue weighted by atomic mass is 10.2. The fourth-order valence-corrected chi connectivity index (χ4v) is 1.03. The van der Waals surface area contributed by atoms with E-state index < -0.39 is 6.29 Å². The Bertz CT molecular complexity index is 302. The van der Waals surface area contributed by atoms with E-state index in [4.69, 9.17) is 20.5 Å². The Balaban J connectivity index is 3.58. The Labute approximate surface area is 99.7 Å². The van der Waals surface area contributed by atoms with Gasteiger partial charge in [-0.25, -0.2) is 0 Å². The number of rotatable bonds is 10. The fraction of sp³-hybridized carbons (Fsp3) is 0.700. The highest BCUT2D eigenvalue weighted by atomic mass is 16.7. The number of hydrogen-bond acceptors (Lipinski definition) is 7. The summed E-state index contributed by atoms with van der Waals surface area (Å²) in [6.45, 7) is 0.640. The van der Waals surface area contributed by atoms with Crippen LogP contribution < -0.4 is 0 Å². The molecule has 0 aromatic heterocycles. The monoisotopic (exact) mass is 239 g/mol. The van der Waals surface area contributed by atoms with Crippen LogP contribution in [0.5, 0.6) is 0 Å². The molecule has 0 amide bonds. The molecule has 0 aromatic carbocycles. The van der Waals surface area contributed by atoms with Gasteiger partial charge in [0, 0.05) is 6.42 Å². The SMILES string of the molecule is N#COCCCCC(OC#N)OCCOC#N. The molecule has 0 aliphatic rings. The van der Waals surface area contributed by atoms with Crippen LogP contribution in [0.2, 0.25) is 0 Å². The molecule has 17 heavy (non-hydrogen) atoms. The van der Waals surface area contributed by atoms with Gasteiger partial charge in [-0.15, -0.1) is 0 Å². The summed E-state index contributed by atoms with van der Waals surface area (Å²) in [5.74, 6) is 0. The minimum absolute atomic E-state index is 0.124. The second-order valence-corrected chi connectivity index (χ2v) is 2.88. The Morgan fingerprint density at radius 3 is 2.18 bits per heavy atom. The predicted molar refractivity (Wildman–Crippen MR) is 53.4 cm³/mol. The van der Waals surface area contributed by atoms with Crippen molar-refractivity contribution in [2.24, 2.45) is 0 Å². The Morgan fingerprint density at radius 1 is 0.824 bits per heavy atom. The van der Waals surface area contributed by atoms with Crippen LogP contribution in [0.3, 0.4) is 0 Å². The molecule has 0 aliphatic heterocycles. The van der Waals surface area contributed by atoms with Crippen molar-refractivity contribution in [3.05, 3.63) is 0 Å². The fourth-order valence-electron chi connectivity index (χ4n) is 1.03. The maximum Gasteiger partial charge on any atom is 0.289 e. The van der Waals surface area contributed by atoms with Gasteiger partial charge in [-0.1, -0.05) is 0 Å². The first-order valence-corrected chi connectivity index (χ1v) is 5.03. The minimum Gasteiger partial charge on any atom is -0.428 e. The van der Waals surface area contributed by atoms with Gasteiger partial charge in [0.05, 0.1) is 6.61 Å². The molecule has 7 heteroatoms. The van der Waals surface area contributed by atoms with Gasteiger partial charge in [0.15, 0.2) is 0 Å². The summed E-state index contributed by atoms with van der Waals surface area (Å²) in [6.07, 6.45) is 5.86. The van der Waals surface area contributed by atoms with Crippen molar-refractivity contribution >= 4 is 0 Å². The molecule has 0 aliphatic carbocycles. The zero-order chi connectivity index (χ0) is 12.8. The summed E-state index contributed by atoms with van der Waals surface area (Å²) in [4.78, 5) is 0. The topological polar surface area (TPSA) is 108 Å². The molecule has 0 heterocycles. The van der Waals surface area contributed by atoms with Gasteiger partial charge in [-0.2, -0.15) is 15.8 Å². The van der Waals surface area contributed by atoms with Crippen LogP contribution in [0.4, 0.5) is 0 Å².